The summed E-state index contributed by atoms with van der Waals surface area (Å²) in [6.45, 7) is 6.50. The summed E-state index contributed by atoms with van der Waals surface area (Å²) in [5.41, 5.74) is 2.64. The molecule has 22 heavy (non-hydrogen) atoms. The van der Waals surface area contributed by atoms with Crippen molar-refractivity contribution in [3.05, 3.63) is 24.3 Å². The van der Waals surface area contributed by atoms with Crippen molar-refractivity contribution in [2.45, 2.75) is 18.9 Å². The van der Waals surface area contributed by atoms with E-state index in [9.17, 15) is 0 Å². The van der Waals surface area contributed by atoms with Gasteiger partial charge in [0.05, 0.1) is 37.9 Å². The highest BCUT2D eigenvalue weighted by atomic mass is 16.5. The number of ether oxygens (including phenoxy) is 2. The average Bonchev–Trinajstić information content (AvgIpc) is 2.99. The van der Waals surface area contributed by atoms with Gasteiger partial charge in [0.25, 0.3) is 0 Å². The molecule has 0 saturated carbocycles. The standard InChI is InChI=1S/C17H27N3O2/c1-21-12-13-22-11-10-19-8-6-15(7-9-19)20-14-18-16-4-2-3-5-17(16)20/h2-5,15,18H,6-14H2,1H3. The fourth-order valence-electron chi connectivity index (χ4n) is 3.35. The quantitative estimate of drug-likeness (QED) is 0.780. The number of benzene rings is 1. The highest BCUT2D eigenvalue weighted by Gasteiger charge is 2.28. The van der Waals surface area contributed by atoms with Crippen LogP contribution in [0.3, 0.4) is 0 Å². The number of hydrogen-bond donors (Lipinski definition) is 1. The molecule has 0 unspecified atom stereocenters. The Kier molecular flexibility index (Phi) is 5.53. The maximum absolute atomic E-state index is 5.56. The largest absolute Gasteiger partial charge is 0.382 e. The van der Waals surface area contributed by atoms with Crippen LogP contribution in [0.4, 0.5) is 11.4 Å². The Morgan fingerprint density at radius 3 is 2.77 bits per heavy atom. The summed E-state index contributed by atoms with van der Waals surface area (Å²) in [6, 6.07) is 9.28. The van der Waals surface area contributed by atoms with Crippen LogP contribution in [-0.2, 0) is 9.47 Å². The van der Waals surface area contributed by atoms with Gasteiger partial charge in [-0.3, -0.25) is 0 Å². The van der Waals surface area contributed by atoms with Crippen molar-refractivity contribution in [1.29, 1.82) is 0 Å². The molecule has 1 aromatic carbocycles. The molecule has 0 bridgehead atoms. The van der Waals surface area contributed by atoms with Crippen LogP contribution in [0.25, 0.3) is 0 Å². The molecule has 2 aliphatic heterocycles. The van der Waals surface area contributed by atoms with Crippen LogP contribution in [0.5, 0.6) is 0 Å². The van der Waals surface area contributed by atoms with Gasteiger partial charge in [-0.25, -0.2) is 0 Å². The number of methoxy groups -OCH3 is 1. The zero-order valence-electron chi connectivity index (χ0n) is 13.5. The topological polar surface area (TPSA) is 37.0 Å². The third-order valence-corrected chi connectivity index (χ3v) is 4.63. The lowest BCUT2D eigenvalue weighted by Crippen LogP contribution is -2.45. The van der Waals surface area contributed by atoms with Crippen LogP contribution >= 0.6 is 0 Å². The van der Waals surface area contributed by atoms with Crippen LogP contribution in [-0.4, -0.2) is 64.2 Å². The van der Waals surface area contributed by atoms with E-state index in [2.05, 4.69) is 39.4 Å². The molecule has 1 saturated heterocycles. The number of nitrogens with zero attached hydrogens (tertiary/aromatic N) is 2. The molecule has 5 heteroatoms. The van der Waals surface area contributed by atoms with Crippen molar-refractivity contribution in [3.8, 4) is 0 Å². The van der Waals surface area contributed by atoms with Crippen LogP contribution < -0.4 is 10.2 Å². The van der Waals surface area contributed by atoms with Gasteiger partial charge >= 0.3 is 0 Å². The van der Waals surface area contributed by atoms with Crippen molar-refractivity contribution >= 4 is 11.4 Å². The first-order valence-electron chi connectivity index (χ1n) is 8.27. The third-order valence-electron chi connectivity index (χ3n) is 4.63. The Morgan fingerprint density at radius 2 is 1.95 bits per heavy atom. The second-order valence-electron chi connectivity index (χ2n) is 6.00. The van der Waals surface area contributed by atoms with Gasteiger partial charge in [-0.05, 0) is 25.0 Å². The van der Waals surface area contributed by atoms with Crippen molar-refractivity contribution in [2.24, 2.45) is 0 Å². The molecular weight excluding hydrogens is 278 g/mol. The lowest BCUT2D eigenvalue weighted by molar-refractivity contribution is 0.0532. The van der Waals surface area contributed by atoms with Gasteiger partial charge in [-0.2, -0.15) is 0 Å². The molecule has 0 radical (unpaired) electrons. The number of fused-ring (bicyclic) bond motifs is 1. The first-order chi connectivity index (χ1) is 10.9. The molecule has 1 fully saturated rings. The summed E-state index contributed by atoms with van der Waals surface area (Å²) < 4.78 is 10.5. The van der Waals surface area contributed by atoms with E-state index in [0.29, 0.717) is 19.3 Å². The van der Waals surface area contributed by atoms with E-state index in [-0.39, 0.29) is 0 Å². The molecule has 0 aromatic heterocycles. The van der Waals surface area contributed by atoms with E-state index in [1.54, 1.807) is 7.11 Å². The van der Waals surface area contributed by atoms with Gasteiger partial charge in [0.1, 0.15) is 0 Å². The van der Waals surface area contributed by atoms with Gasteiger partial charge in [-0.1, -0.05) is 12.1 Å². The molecule has 0 aliphatic carbocycles. The Hall–Kier alpha value is -1.30. The van der Waals surface area contributed by atoms with Gasteiger partial charge in [0.15, 0.2) is 0 Å². The molecule has 0 atom stereocenters. The maximum Gasteiger partial charge on any atom is 0.0880 e. The highest BCUT2D eigenvalue weighted by Crippen LogP contribution is 2.34. The predicted octanol–water partition coefficient (Wildman–Crippen LogP) is 2.00. The summed E-state index contributed by atoms with van der Waals surface area (Å²) in [5.74, 6) is 0. The second kappa shape index (κ2) is 7.81. The van der Waals surface area contributed by atoms with E-state index < -0.39 is 0 Å². The summed E-state index contributed by atoms with van der Waals surface area (Å²) in [5, 5.41) is 3.49. The van der Waals surface area contributed by atoms with Crippen LogP contribution in [0.2, 0.25) is 0 Å². The molecule has 1 aromatic rings. The molecular formula is C17H27N3O2. The number of hydrogen-bond acceptors (Lipinski definition) is 5. The van der Waals surface area contributed by atoms with Crippen LogP contribution in [0.15, 0.2) is 24.3 Å². The molecule has 2 aliphatic rings. The Morgan fingerprint density at radius 1 is 1.14 bits per heavy atom. The lowest BCUT2D eigenvalue weighted by atomic mass is 10.0. The minimum absolute atomic E-state index is 0.654. The van der Waals surface area contributed by atoms with E-state index in [4.69, 9.17) is 9.47 Å². The summed E-state index contributed by atoms with van der Waals surface area (Å²) >= 11 is 0. The van der Waals surface area contributed by atoms with E-state index >= 15 is 0 Å². The van der Waals surface area contributed by atoms with Crippen molar-refractivity contribution in [2.75, 3.05) is 63.5 Å². The first kappa shape index (κ1) is 15.6. The number of para-hydroxylation sites is 2. The Bertz CT molecular complexity index is 461. The number of nitrogens with one attached hydrogen (secondary N) is 1. The lowest BCUT2D eigenvalue weighted by Gasteiger charge is -2.37. The van der Waals surface area contributed by atoms with E-state index in [1.807, 2.05) is 0 Å². The highest BCUT2D eigenvalue weighted by molar-refractivity contribution is 5.74. The average molecular weight is 305 g/mol. The van der Waals surface area contributed by atoms with Gasteiger partial charge in [0.2, 0.25) is 0 Å². The number of likely N-dealkylation sites (tertiary alicyclic amines) is 1. The van der Waals surface area contributed by atoms with E-state index in [1.165, 1.54) is 24.2 Å². The van der Waals surface area contributed by atoms with Gasteiger partial charge in [-0.15, -0.1) is 0 Å². The zero-order chi connectivity index (χ0) is 15.2. The molecule has 3 rings (SSSR count). The molecule has 122 valence electrons. The third kappa shape index (κ3) is 3.72. The first-order valence-corrected chi connectivity index (χ1v) is 8.27. The summed E-state index contributed by atoms with van der Waals surface area (Å²) in [4.78, 5) is 5.04. The van der Waals surface area contributed by atoms with Crippen molar-refractivity contribution < 1.29 is 9.47 Å². The number of rotatable bonds is 7. The Balaban J connectivity index is 1.41. The SMILES string of the molecule is COCCOCCN1CCC(N2CNc3ccccc32)CC1. The molecule has 2 heterocycles. The zero-order valence-corrected chi connectivity index (χ0v) is 13.5. The van der Waals surface area contributed by atoms with Gasteiger partial charge in [0, 0.05) is 32.8 Å². The molecule has 0 spiro atoms. The fraction of sp³-hybridized carbons (Fsp3) is 0.647. The second-order valence-corrected chi connectivity index (χ2v) is 6.00. The molecule has 0 amide bonds. The smallest absolute Gasteiger partial charge is 0.0880 e. The minimum atomic E-state index is 0.654. The predicted molar refractivity (Wildman–Crippen MR) is 89.6 cm³/mol. The summed E-state index contributed by atoms with van der Waals surface area (Å²) in [6.07, 6.45) is 2.46. The minimum Gasteiger partial charge on any atom is -0.382 e. The number of anilines is 2. The molecule has 1 N–H and O–H groups in total. The summed E-state index contributed by atoms with van der Waals surface area (Å²) in [7, 11) is 1.71. The van der Waals surface area contributed by atoms with Crippen molar-refractivity contribution in [1.82, 2.24) is 4.90 Å². The monoisotopic (exact) mass is 305 g/mol. The van der Waals surface area contributed by atoms with Crippen LogP contribution in [0.1, 0.15) is 12.8 Å². The van der Waals surface area contributed by atoms with Crippen molar-refractivity contribution in [3.63, 3.8) is 0 Å². The normalized spacial score (nSPS) is 19.2. The van der Waals surface area contributed by atoms with E-state index in [0.717, 1.165) is 32.9 Å². The molecule has 5 nitrogen and oxygen atoms in total. The Labute approximate surface area is 133 Å². The van der Waals surface area contributed by atoms with Crippen LogP contribution in [0, 0.1) is 0 Å². The fourth-order valence-corrected chi connectivity index (χ4v) is 3.35. The number of piperidine rings is 1. The van der Waals surface area contributed by atoms with Gasteiger partial charge < -0.3 is 24.6 Å². The maximum atomic E-state index is 5.56.